The Labute approximate surface area is 117 Å². The van der Waals surface area contributed by atoms with Gasteiger partial charge in [0.2, 0.25) is 5.89 Å². The first-order valence-electron chi connectivity index (χ1n) is 5.36. The molecule has 0 unspecified atom stereocenters. The second-order valence-corrected chi connectivity index (χ2v) is 4.29. The van der Waals surface area contributed by atoms with Crippen LogP contribution < -0.4 is 0 Å². The van der Waals surface area contributed by atoms with Crippen molar-refractivity contribution < 1.29 is 13.9 Å². The van der Waals surface area contributed by atoms with Crippen LogP contribution in [0.1, 0.15) is 23.2 Å². The average molecular weight is 322 g/mol. The van der Waals surface area contributed by atoms with E-state index < -0.39 is 5.97 Å². The zero-order chi connectivity index (χ0) is 13.8. The van der Waals surface area contributed by atoms with Gasteiger partial charge < -0.3 is 9.15 Å². The van der Waals surface area contributed by atoms with Crippen molar-refractivity contribution in [2.24, 2.45) is 0 Å². The minimum atomic E-state index is -0.672. The van der Waals surface area contributed by atoms with Crippen LogP contribution in [0.25, 0.3) is 11.5 Å². The molecule has 0 atom stereocenters. The molecule has 6 nitrogen and oxygen atoms in total. The number of ether oxygens (including phenoxy) is 1. The van der Waals surface area contributed by atoms with Gasteiger partial charge in [0.25, 0.3) is 0 Å². The molecule has 7 heteroatoms. The monoisotopic (exact) mass is 321 g/mol. The van der Waals surface area contributed by atoms with E-state index in [0.717, 1.165) is 0 Å². The van der Waals surface area contributed by atoms with Gasteiger partial charge in [0, 0.05) is 4.47 Å². The van der Waals surface area contributed by atoms with Crippen molar-refractivity contribution in [2.45, 2.75) is 6.92 Å². The van der Waals surface area contributed by atoms with Crippen molar-refractivity contribution in [3.8, 4) is 17.5 Å². The van der Waals surface area contributed by atoms with Crippen molar-refractivity contribution in [1.29, 1.82) is 5.26 Å². The maximum Gasteiger partial charge on any atom is 0.396 e. The summed E-state index contributed by atoms with van der Waals surface area (Å²) in [5.74, 6) is -0.744. The van der Waals surface area contributed by atoms with Crippen LogP contribution in [0.15, 0.2) is 27.1 Å². The molecule has 2 rings (SSSR count). The summed E-state index contributed by atoms with van der Waals surface area (Å²) in [4.78, 5) is 11.4. The van der Waals surface area contributed by atoms with Crippen LogP contribution in [0.2, 0.25) is 0 Å². The van der Waals surface area contributed by atoms with Crippen LogP contribution >= 0.6 is 15.9 Å². The van der Waals surface area contributed by atoms with Crippen LogP contribution in [0.4, 0.5) is 0 Å². The van der Waals surface area contributed by atoms with E-state index >= 15 is 0 Å². The molecular formula is C12H8BrN3O3. The lowest BCUT2D eigenvalue weighted by atomic mass is 10.1. The fraction of sp³-hybridized carbons (Fsp3) is 0.167. The molecule has 0 radical (unpaired) electrons. The summed E-state index contributed by atoms with van der Waals surface area (Å²) < 4.78 is 10.7. The van der Waals surface area contributed by atoms with Crippen LogP contribution in [-0.4, -0.2) is 22.8 Å². The van der Waals surface area contributed by atoms with E-state index in [2.05, 4.69) is 26.1 Å². The van der Waals surface area contributed by atoms with Gasteiger partial charge in [-0.2, -0.15) is 5.26 Å². The van der Waals surface area contributed by atoms with Gasteiger partial charge in [0.15, 0.2) is 0 Å². The van der Waals surface area contributed by atoms with Gasteiger partial charge in [-0.1, -0.05) is 0 Å². The molecular weight excluding hydrogens is 314 g/mol. The Bertz CT molecular complexity index is 660. The summed E-state index contributed by atoms with van der Waals surface area (Å²) in [5, 5.41) is 16.2. The summed E-state index contributed by atoms with van der Waals surface area (Å²) in [6.07, 6.45) is 0. The van der Waals surface area contributed by atoms with E-state index in [1.807, 2.05) is 6.07 Å². The van der Waals surface area contributed by atoms with Gasteiger partial charge in [-0.05, 0) is 41.1 Å². The molecule has 1 aromatic carbocycles. The minimum absolute atomic E-state index is 0.145. The van der Waals surface area contributed by atoms with Gasteiger partial charge >= 0.3 is 11.9 Å². The predicted molar refractivity (Wildman–Crippen MR) is 68.1 cm³/mol. The highest BCUT2D eigenvalue weighted by atomic mass is 79.9. The zero-order valence-electron chi connectivity index (χ0n) is 9.88. The van der Waals surface area contributed by atoms with Gasteiger partial charge in [-0.25, -0.2) is 4.79 Å². The summed E-state index contributed by atoms with van der Waals surface area (Å²) in [6, 6.07) is 6.95. The summed E-state index contributed by atoms with van der Waals surface area (Å²) in [6.45, 7) is 1.91. The van der Waals surface area contributed by atoms with E-state index in [0.29, 0.717) is 15.6 Å². The topological polar surface area (TPSA) is 89.0 Å². The smallest absolute Gasteiger partial charge is 0.396 e. The molecule has 0 N–H and O–H groups in total. The molecule has 0 bridgehead atoms. The molecule has 96 valence electrons. The molecule has 2 aromatic rings. The second kappa shape index (κ2) is 5.63. The number of nitrogens with zero attached hydrogens (tertiary/aromatic N) is 3. The van der Waals surface area contributed by atoms with Gasteiger partial charge in [0.1, 0.15) is 0 Å². The molecule has 1 aromatic heterocycles. The summed E-state index contributed by atoms with van der Waals surface area (Å²) in [7, 11) is 0. The third-order valence-electron chi connectivity index (χ3n) is 2.20. The quantitative estimate of drug-likeness (QED) is 0.807. The Morgan fingerprint density at radius 1 is 1.53 bits per heavy atom. The molecule has 0 aliphatic heterocycles. The van der Waals surface area contributed by atoms with E-state index in [1.165, 1.54) is 0 Å². The van der Waals surface area contributed by atoms with E-state index in [9.17, 15) is 4.79 Å². The third kappa shape index (κ3) is 2.80. The lowest BCUT2D eigenvalue weighted by Gasteiger charge is -1.99. The van der Waals surface area contributed by atoms with Crippen molar-refractivity contribution in [3.63, 3.8) is 0 Å². The fourth-order valence-corrected chi connectivity index (χ4v) is 1.78. The first-order valence-corrected chi connectivity index (χ1v) is 6.15. The van der Waals surface area contributed by atoms with Crippen molar-refractivity contribution >= 4 is 21.9 Å². The van der Waals surface area contributed by atoms with Gasteiger partial charge in [-0.15, -0.1) is 10.2 Å². The van der Waals surface area contributed by atoms with Crippen LogP contribution in [0.3, 0.4) is 0 Å². The number of benzene rings is 1. The zero-order valence-corrected chi connectivity index (χ0v) is 11.5. The lowest BCUT2D eigenvalue weighted by Crippen LogP contribution is -2.04. The van der Waals surface area contributed by atoms with Gasteiger partial charge in [-0.3, -0.25) is 0 Å². The largest absolute Gasteiger partial charge is 0.459 e. The minimum Gasteiger partial charge on any atom is -0.459 e. The normalized spacial score (nSPS) is 9.95. The average Bonchev–Trinajstić information content (AvgIpc) is 2.89. The number of aromatic nitrogens is 2. The predicted octanol–water partition coefficient (Wildman–Crippen LogP) is 2.55. The van der Waals surface area contributed by atoms with Crippen LogP contribution in [0, 0.1) is 11.3 Å². The number of hydrogen-bond donors (Lipinski definition) is 0. The molecule has 1 heterocycles. The third-order valence-corrected chi connectivity index (χ3v) is 2.89. The molecule has 0 aliphatic rings. The molecule has 0 saturated carbocycles. The van der Waals surface area contributed by atoms with Crippen LogP contribution in [0.5, 0.6) is 0 Å². The number of halogens is 1. The molecule has 0 amide bonds. The Kier molecular flexibility index (Phi) is 3.92. The maximum atomic E-state index is 11.4. The van der Waals surface area contributed by atoms with Crippen molar-refractivity contribution in [2.75, 3.05) is 6.61 Å². The molecule has 0 spiro atoms. The summed E-state index contributed by atoms with van der Waals surface area (Å²) in [5.41, 5.74) is 0.996. The maximum absolute atomic E-state index is 11.4. The van der Waals surface area contributed by atoms with E-state index in [4.69, 9.17) is 14.4 Å². The van der Waals surface area contributed by atoms with E-state index in [-0.39, 0.29) is 18.4 Å². The number of rotatable bonds is 3. The molecule has 19 heavy (non-hydrogen) atoms. The second-order valence-electron chi connectivity index (χ2n) is 3.44. The number of carbonyl (C=O) groups is 1. The van der Waals surface area contributed by atoms with Crippen molar-refractivity contribution in [3.05, 3.63) is 34.1 Å². The Morgan fingerprint density at radius 3 is 3.00 bits per heavy atom. The molecule has 0 aliphatic carbocycles. The lowest BCUT2D eigenvalue weighted by molar-refractivity contribution is 0.0481. The SMILES string of the molecule is CCOC(=O)c1nnc(-c2cc(C#N)ccc2Br)o1. The van der Waals surface area contributed by atoms with E-state index in [1.54, 1.807) is 25.1 Å². The Balaban J connectivity index is 2.38. The number of esters is 1. The first-order chi connectivity index (χ1) is 9.15. The standard InChI is InChI=1S/C12H8BrN3O3/c1-2-18-12(17)11-16-15-10(19-11)8-5-7(6-14)3-4-9(8)13/h3-5H,2H2,1H3. The number of hydrogen-bond acceptors (Lipinski definition) is 6. The first kappa shape index (κ1) is 13.2. The molecule has 0 fully saturated rings. The number of nitriles is 1. The molecule has 0 saturated heterocycles. The highest BCUT2D eigenvalue weighted by Crippen LogP contribution is 2.28. The van der Waals surface area contributed by atoms with Gasteiger partial charge in [0.05, 0.1) is 23.8 Å². The highest BCUT2D eigenvalue weighted by molar-refractivity contribution is 9.10. The Hall–Kier alpha value is -2.20. The highest BCUT2D eigenvalue weighted by Gasteiger charge is 2.18. The Morgan fingerprint density at radius 2 is 2.32 bits per heavy atom. The van der Waals surface area contributed by atoms with Crippen molar-refractivity contribution in [1.82, 2.24) is 10.2 Å². The fourth-order valence-electron chi connectivity index (χ4n) is 1.37. The van der Waals surface area contributed by atoms with Crippen LogP contribution in [-0.2, 0) is 4.74 Å². The number of carbonyl (C=O) groups excluding carboxylic acids is 1. The summed E-state index contributed by atoms with van der Waals surface area (Å²) >= 11 is 3.32.